The molecule has 25 heavy (non-hydrogen) atoms. The zero-order chi connectivity index (χ0) is 16.6. The maximum absolute atomic E-state index is 3.61. The second-order valence-corrected chi connectivity index (χ2v) is 6.22. The average molecular weight is 318 g/mol. The van der Waals surface area contributed by atoms with Gasteiger partial charge in [-0.1, -0.05) is 84.9 Å². The average Bonchev–Trinajstić information content (AvgIpc) is 3.07. The highest BCUT2D eigenvalue weighted by Gasteiger charge is 2.12. The fourth-order valence-electron chi connectivity index (χ4n) is 3.61. The lowest BCUT2D eigenvalue weighted by Crippen LogP contribution is -1.86. The molecule has 0 aliphatic carbocycles. The van der Waals surface area contributed by atoms with Crippen molar-refractivity contribution in [3.05, 3.63) is 97.1 Å². The van der Waals surface area contributed by atoms with Gasteiger partial charge in [-0.25, -0.2) is 0 Å². The maximum Gasteiger partial charge on any atom is 0.0544 e. The predicted octanol–water partition coefficient (Wildman–Crippen LogP) is 6.46. The van der Waals surface area contributed by atoms with Crippen LogP contribution in [-0.4, -0.2) is 4.98 Å². The van der Waals surface area contributed by atoms with E-state index in [0.29, 0.717) is 0 Å². The van der Waals surface area contributed by atoms with Crippen molar-refractivity contribution in [3.63, 3.8) is 0 Å². The number of fused-ring (bicyclic) bond motifs is 3. The van der Waals surface area contributed by atoms with Crippen LogP contribution in [-0.2, 0) is 0 Å². The summed E-state index contributed by atoms with van der Waals surface area (Å²) in [5, 5.41) is 2.53. The second kappa shape index (κ2) is 5.64. The van der Waals surface area contributed by atoms with Crippen LogP contribution in [0.2, 0.25) is 0 Å². The van der Waals surface area contributed by atoms with Crippen LogP contribution in [0.5, 0.6) is 0 Å². The van der Waals surface area contributed by atoms with E-state index >= 15 is 0 Å². The molecule has 0 spiro atoms. The van der Waals surface area contributed by atoms with Crippen molar-refractivity contribution in [2.75, 3.05) is 0 Å². The monoisotopic (exact) mass is 318 g/mol. The van der Waals surface area contributed by atoms with Crippen LogP contribution >= 0.6 is 0 Å². The molecule has 1 heteroatoms. The Kier molecular flexibility index (Phi) is 3.17. The second-order valence-electron chi connectivity index (χ2n) is 6.22. The van der Waals surface area contributed by atoms with E-state index in [1.807, 2.05) is 12.1 Å². The van der Waals surface area contributed by atoms with Gasteiger partial charge in [-0.05, 0) is 28.8 Å². The fourth-order valence-corrected chi connectivity index (χ4v) is 3.61. The molecular weight excluding hydrogens is 302 g/mol. The van der Waals surface area contributed by atoms with Crippen LogP contribution in [0.1, 0.15) is 0 Å². The van der Waals surface area contributed by atoms with Gasteiger partial charge in [-0.3, -0.25) is 0 Å². The Morgan fingerprint density at radius 2 is 1.28 bits per heavy atom. The topological polar surface area (TPSA) is 15.8 Å². The summed E-state index contributed by atoms with van der Waals surface area (Å²) in [5.41, 5.74) is 7.13. The minimum Gasteiger partial charge on any atom is -0.354 e. The molecule has 0 aliphatic rings. The zero-order valence-electron chi connectivity index (χ0n) is 13.7. The molecule has 0 amide bonds. The molecule has 1 heterocycles. The van der Waals surface area contributed by atoms with E-state index in [2.05, 4.69) is 89.9 Å². The zero-order valence-corrected chi connectivity index (χ0v) is 13.7. The Morgan fingerprint density at radius 3 is 2.16 bits per heavy atom. The van der Waals surface area contributed by atoms with Gasteiger partial charge in [0.05, 0.1) is 5.52 Å². The summed E-state index contributed by atoms with van der Waals surface area (Å²) in [7, 11) is 0. The summed E-state index contributed by atoms with van der Waals surface area (Å²) < 4.78 is 0. The first kappa shape index (κ1) is 14.1. The van der Waals surface area contributed by atoms with Gasteiger partial charge in [0.1, 0.15) is 0 Å². The molecule has 0 saturated carbocycles. The Balaban J connectivity index is 1.83. The van der Waals surface area contributed by atoms with Crippen molar-refractivity contribution >= 4 is 21.8 Å². The number of hydrogen-bond donors (Lipinski definition) is 1. The van der Waals surface area contributed by atoms with Crippen LogP contribution in [0.25, 0.3) is 44.1 Å². The predicted molar refractivity (Wildman–Crippen MR) is 106 cm³/mol. The Morgan fingerprint density at radius 1 is 0.560 bits per heavy atom. The van der Waals surface area contributed by atoms with E-state index in [0.717, 1.165) is 5.56 Å². The highest BCUT2D eigenvalue weighted by Crippen LogP contribution is 2.37. The highest BCUT2D eigenvalue weighted by molar-refractivity contribution is 6.12. The van der Waals surface area contributed by atoms with E-state index in [-0.39, 0.29) is 0 Å². The molecule has 1 nitrogen and oxygen atoms in total. The molecule has 0 fully saturated rings. The number of H-pyrrole nitrogens is 1. The summed E-state index contributed by atoms with van der Waals surface area (Å²) >= 11 is 0. The molecular formula is C24H16N. The number of hydrogen-bond acceptors (Lipinski definition) is 0. The Hall–Kier alpha value is -3.32. The first-order chi connectivity index (χ1) is 12.4. The molecule has 1 N–H and O–H groups in total. The van der Waals surface area contributed by atoms with E-state index in [4.69, 9.17) is 0 Å². The molecule has 0 saturated heterocycles. The van der Waals surface area contributed by atoms with Crippen LogP contribution in [0.4, 0.5) is 0 Å². The third-order valence-electron chi connectivity index (χ3n) is 4.76. The normalized spacial score (nSPS) is 11.2. The lowest BCUT2D eigenvalue weighted by Gasteiger charge is -2.11. The number of rotatable bonds is 2. The van der Waals surface area contributed by atoms with Gasteiger partial charge >= 0.3 is 0 Å². The lowest BCUT2D eigenvalue weighted by atomic mass is 9.93. The van der Waals surface area contributed by atoms with E-state index in [1.54, 1.807) is 0 Å². The first-order valence-corrected chi connectivity index (χ1v) is 8.48. The quantitative estimate of drug-likeness (QED) is 0.384. The van der Waals surface area contributed by atoms with Crippen LogP contribution in [0.15, 0.2) is 91.0 Å². The van der Waals surface area contributed by atoms with Crippen LogP contribution in [0, 0.1) is 6.07 Å². The number of para-hydroxylation sites is 2. The van der Waals surface area contributed by atoms with Crippen molar-refractivity contribution in [2.45, 2.75) is 0 Å². The Bertz CT molecular complexity index is 1180. The van der Waals surface area contributed by atoms with Crippen LogP contribution < -0.4 is 0 Å². The van der Waals surface area contributed by atoms with Gasteiger partial charge in [0, 0.05) is 21.9 Å². The SMILES string of the molecule is [c]1ccccc1-c1ccccc1-c1cccc2c1[nH]c1ccccc12. The molecule has 0 unspecified atom stereocenters. The highest BCUT2D eigenvalue weighted by atomic mass is 14.7. The van der Waals surface area contributed by atoms with Gasteiger partial charge in [0.2, 0.25) is 0 Å². The third-order valence-corrected chi connectivity index (χ3v) is 4.76. The van der Waals surface area contributed by atoms with Crippen molar-refractivity contribution in [1.82, 2.24) is 4.98 Å². The standard InChI is InChI=1S/C24H16N/c1-2-9-17(10-3-1)18-11-4-5-12-19(18)21-14-8-15-22-20-13-6-7-16-23(20)25-24(21)22/h1-9,11-16,25H. The summed E-state index contributed by atoms with van der Waals surface area (Å²) in [5.74, 6) is 0. The number of benzene rings is 4. The van der Waals surface area contributed by atoms with Crippen molar-refractivity contribution < 1.29 is 0 Å². The van der Waals surface area contributed by atoms with Crippen molar-refractivity contribution in [1.29, 1.82) is 0 Å². The van der Waals surface area contributed by atoms with Gasteiger partial charge in [-0.15, -0.1) is 0 Å². The Labute approximate surface area is 146 Å². The molecule has 5 rings (SSSR count). The van der Waals surface area contributed by atoms with Crippen molar-refractivity contribution in [3.8, 4) is 22.3 Å². The molecule has 117 valence electrons. The molecule has 4 aromatic carbocycles. The van der Waals surface area contributed by atoms with E-state index in [9.17, 15) is 0 Å². The molecule has 0 atom stereocenters. The number of aromatic nitrogens is 1. The summed E-state index contributed by atoms with van der Waals surface area (Å²) in [6.07, 6.45) is 0. The fraction of sp³-hybridized carbons (Fsp3) is 0. The summed E-state index contributed by atoms with van der Waals surface area (Å²) in [6, 6.07) is 35.1. The van der Waals surface area contributed by atoms with E-state index in [1.165, 1.54) is 38.5 Å². The summed E-state index contributed by atoms with van der Waals surface area (Å²) in [6.45, 7) is 0. The van der Waals surface area contributed by atoms with Gasteiger partial charge in [-0.2, -0.15) is 0 Å². The molecule has 1 aromatic heterocycles. The maximum atomic E-state index is 3.61. The molecule has 0 bridgehead atoms. The third kappa shape index (κ3) is 2.25. The number of nitrogens with one attached hydrogen (secondary N) is 1. The summed E-state index contributed by atoms with van der Waals surface area (Å²) in [4.78, 5) is 3.61. The molecule has 5 aromatic rings. The largest absolute Gasteiger partial charge is 0.354 e. The van der Waals surface area contributed by atoms with Crippen molar-refractivity contribution in [2.24, 2.45) is 0 Å². The smallest absolute Gasteiger partial charge is 0.0544 e. The van der Waals surface area contributed by atoms with E-state index < -0.39 is 0 Å². The minimum absolute atomic E-state index is 1.12. The van der Waals surface area contributed by atoms with Gasteiger partial charge in [0.15, 0.2) is 0 Å². The first-order valence-electron chi connectivity index (χ1n) is 8.48. The van der Waals surface area contributed by atoms with Gasteiger partial charge < -0.3 is 4.98 Å². The number of aromatic amines is 1. The minimum atomic E-state index is 1.12. The molecule has 1 radical (unpaired) electrons. The molecule has 0 aliphatic heterocycles. The van der Waals surface area contributed by atoms with Crippen LogP contribution in [0.3, 0.4) is 0 Å². The van der Waals surface area contributed by atoms with Gasteiger partial charge in [0.25, 0.3) is 0 Å². The lowest BCUT2D eigenvalue weighted by molar-refractivity contribution is 1.53.